The maximum atomic E-state index is 5.57. The average Bonchev–Trinajstić information content (AvgIpc) is 3.00. The lowest BCUT2D eigenvalue weighted by atomic mass is 10.2. The smallest absolute Gasteiger partial charge is 0.393 e. The van der Waals surface area contributed by atoms with Crippen molar-refractivity contribution in [3.8, 4) is 6.08 Å². The minimum Gasteiger partial charge on any atom is -0.450 e. The van der Waals surface area contributed by atoms with E-state index in [0.717, 1.165) is 31.6 Å². The van der Waals surface area contributed by atoms with E-state index in [-0.39, 0.29) is 0 Å². The van der Waals surface area contributed by atoms with E-state index >= 15 is 0 Å². The van der Waals surface area contributed by atoms with E-state index < -0.39 is 0 Å². The maximum Gasteiger partial charge on any atom is 0.393 e. The molecular formula is C14H25N3O2. The van der Waals surface area contributed by atoms with Crippen molar-refractivity contribution in [3.63, 3.8) is 0 Å². The van der Waals surface area contributed by atoms with E-state index in [4.69, 9.17) is 9.15 Å². The molecule has 108 valence electrons. The Kier molecular flexibility index (Phi) is 5.66. The van der Waals surface area contributed by atoms with Gasteiger partial charge in [-0.15, -0.1) is 0 Å². The predicted octanol–water partition coefficient (Wildman–Crippen LogP) is 2.04. The quantitative estimate of drug-likeness (QED) is 0.730. The van der Waals surface area contributed by atoms with E-state index in [9.17, 15) is 0 Å². The second-order valence-corrected chi connectivity index (χ2v) is 5.20. The predicted molar refractivity (Wildman–Crippen MR) is 74.3 cm³/mol. The van der Waals surface area contributed by atoms with Gasteiger partial charge in [-0.1, -0.05) is 6.92 Å². The van der Waals surface area contributed by atoms with Crippen LogP contribution in [0.3, 0.4) is 0 Å². The Balaban J connectivity index is 1.65. The summed E-state index contributed by atoms with van der Waals surface area (Å²) >= 11 is 0. The second-order valence-electron chi connectivity index (χ2n) is 5.20. The number of hydrogen-bond donors (Lipinski definition) is 1. The topological polar surface area (TPSA) is 50.5 Å². The van der Waals surface area contributed by atoms with Crippen LogP contribution in [0.1, 0.15) is 38.3 Å². The van der Waals surface area contributed by atoms with Gasteiger partial charge in [-0.2, -0.15) is 4.98 Å². The Hall–Kier alpha value is -1.07. The van der Waals surface area contributed by atoms with E-state index in [1.54, 1.807) is 6.26 Å². The largest absolute Gasteiger partial charge is 0.450 e. The van der Waals surface area contributed by atoms with Crippen molar-refractivity contribution in [1.82, 2.24) is 15.2 Å². The number of aromatic nitrogens is 1. The fourth-order valence-electron chi connectivity index (χ4n) is 2.46. The summed E-state index contributed by atoms with van der Waals surface area (Å²) in [5, 5.41) is 3.29. The van der Waals surface area contributed by atoms with Crippen LogP contribution in [0.5, 0.6) is 6.08 Å². The zero-order valence-corrected chi connectivity index (χ0v) is 12.0. The fourth-order valence-corrected chi connectivity index (χ4v) is 2.46. The number of nitrogens with zero attached hydrogens (tertiary/aromatic N) is 2. The average molecular weight is 267 g/mol. The van der Waals surface area contributed by atoms with Gasteiger partial charge in [0, 0.05) is 12.6 Å². The van der Waals surface area contributed by atoms with Crippen LogP contribution < -0.4 is 10.1 Å². The molecule has 0 bridgehead atoms. The molecule has 1 aliphatic heterocycles. The Morgan fingerprint density at radius 2 is 2.47 bits per heavy atom. The molecule has 1 N–H and O–H groups in total. The summed E-state index contributed by atoms with van der Waals surface area (Å²) < 4.78 is 10.9. The van der Waals surface area contributed by atoms with Gasteiger partial charge in [-0.3, -0.25) is 0 Å². The third-order valence-electron chi connectivity index (χ3n) is 3.61. The molecule has 5 nitrogen and oxygen atoms in total. The molecule has 19 heavy (non-hydrogen) atoms. The third kappa shape index (κ3) is 4.51. The Morgan fingerprint density at radius 1 is 1.58 bits per heavy atom. The van der Waals surface area contributed by atoms with Gasteiger partial charge in [0.2, 0.25) is 0 Å². The van der Waals surface area contributed by atoms with Crippen LogP contribution in [-0.4, -0.2) is 42.7 Å². The lowest BCUT2D eigenvalue weighted by Gasteiger charge is -2.18. The third-order valence-corrected chi connectivity index (χ3v) is 3.61. The summed E-state index contributed by atoms with van der Waals surface area (Å²) in [6.07, 6.45) is 6.80. The molecule has 0 saturated carbocycles. The van der Waals surface area contributed by atoms with Gasteiger partial charge < -0.3 is 19.4 Å². The van der Waals surface area contributed by atoms with Crippen LogP contribution in [0.25, 0.3) is 0 Å². The summed E-state index contributed by atoms with van der Waals surface area (Å²) in [5.41, 5.74) is 0.904. The highest BCUT2D eigenvalue weighted by atomic mass is 16.6. The summed E-state index contributed by atoms with van der Waals surface area (Å²) in [5.74, 6) is 0. The van der Waals surface area contributed by atoms with Crippen molar-refractivity contribution in [3.05, 3.63) is 12.0 Å². The molecule has 1 atom stereocenters. The minimum atomic E-state index is 0.397. The molecule has 2 rings (SSSR count). The molecule has 1 fully saturated rings. The number of nitrogens with one attached hydrogen (secondary N) is 1. The molecular weight excluding hydrogens is 242 g/mol. The van der Waals surface area contributed by atoms with Gasteiger partial charge in [-0.05, 0) is 45.8 Å². The van der Waals surface area contributed by atoms with Crippen LogP contribution in [0.15, 0.2) is 10.7 Å². The molecule has 1 aromatic heterocycles. The number of ether oxygens (including phenoxy) is 1. The van der Waals surface area contributed by atoms with Crippen molar-refractivity contribution < 1.29 is 9.15 Å². The van der Waals surface area contributed by atoms with Gasteiger partial charge in [0.25, 0.3) is 0 Å². The highest BCUT2D eigenvalue weighted by molar-refractivity contribution is 4.99. The number of oxazole rings is 1. The van der Waals surface area contributed by atoms with E-state index in [1.807, 2.05) is 0 Å². The van der Waals surface area contributed by atoms with Gasteiger partial charge in [0.15, 0.2) is 0 Å². The second kappa shape index (κ2) is 7.50. The molecule has 1 unspecified atom stereocenters. The summed E-state index contributed by atoms with van der Waals surface area (Å²) in [4.78, 5) is 6.70. The van der Waals surface area contributed by atoms with Gasteiger partial charge in [-0.25, -0.2) is 0 Å². The minimum absolute atomic E-state index is 0.397. The Bertz CT molecular complexity index is 367. The molecule has 1 saturated heterocycles. The highest BCUT2D eigenvalue weighted by Crippen LogP contribution is 2.18. The highest BCUT2D eigenvalue weighted by Gasteiger charge is 2.20. The SMILES string of the molecule is CCCNCc1coc(OCCC2CCCN2C)n1. The van der Waals surface area contributed by atoms with E-state index in [0.29, 0.717) is 18.7 Å². The molecule has 0 aliphatic carbocycles. The molecule has 1 aliphatic rings. The van der Waals surface area contributed by atoms with Crippen molar-refractivity contribution in [2.24, 2.45) is 0 Å². The fraction of sp³-hybridized carbons (Fsp3) is 0.786. The van der Waals surface area contributed by atoms with Crippen molar-refractivity contribution in [2.75, 3.05) is 26.7 Å². The van der Waals surface area contributed by atoms with E-state index in [2.05, 4.69) is 29.2 Å². The first-order chi connectivity index (χ1) is 9.29. The Morgan fingerprint density at radius 3 is 3.21 bits per heavy atom. The normalized spacial score (nSPS) is 20.0. The first-order valence-electron chi connectivity index (χ1n) is 7.27. The standard InChI is InChI=1S/C14H25N3O2/c1-3-7-15-10-12-11-19-14(16-12)18-9-6-13-5-4-8-17(13)2/h11,13,15H,3-10H2,1-2H3. The van der Waals surface area contributed by atoms with Crippen LogP contribution >= 0.6 is 0 Å². The summed E-state index contributed by atoms with van der Waals surface area (Å²) in [7, 11) is 2.18. The van der Waals surface area contributed by atoms with E-state index in [1.165, 1.54) is 19.4 Å². The van der Waals surface area contributed by atoms with Crippen molar-refractivity contribution >= 4 is 0 Å². The zero-order valence-electron chi connectivity index (χ0n) is 12.0. The van der Waals surface area contributed by atoms with Gasteiger partial charge in [0.1, 0.15) is 6.26 Å². The zero-order chi connectivity index (χ0) is 13.5. The molecule has 0 aromatic carbocycles. The first-order valence-corrected chi connectivity index (χ1v) is 7.27. The van der Waals surface area contributed by atoms with Crippen LogP contribution in [0.4, 0.5) is 0 Å². The lowest BCUT2D eigenvalue weighted by molar-refractivity contribution is 0.192. The number of likely N-dealkylation sites (tertiary alicyclic amines) is 1. The van der Waals surface area contributed by atoms with Crippen LogP contribution in [0, 0.1) is 0 Å². The molecule has 5 heteroatoms. The van der Waals surface area contributed by atoms with Crippen molar-refractivity contribution in [2.45, 2.75) is 45.2 Å². The Labute approximate surface area is 115 Å². The first kappa shape index (κ1) is 14.3. The molecule has 0 radical (unpaired) electrons. The molecule has 0 spiro atoms. The monoisotopic (exact) mass is 267 g/mol. The van der Waals surface area contributed by atoms with Crippen LogP contribution in [0.2, 0.25) is 0 Å². The van der Waals surface area contributed by atoms with Gasteiger partial charge >= 0.3 is 6.08 Å². The maximum absolute atomic E-state index is 5.57. The molecule has 0 amide bonds. The van der Waals surface area contributed by atoms with Crippen LogP contribution in [-0.2, 0) is 6.54 Å². The number of hydrogen-bond acceptors (Lipinski definition) is 5. The number of rotatable bonds is 8. The molecule has 2 heterocycles. The summed E-state index contributed by atoms with van der Waals surface area (Å²) in [6.45, 7) is 5.77. The van der Waals surface area contributed by atoms with Crippen molar-refractivity contribution in [1.29, 1.82) is 0 Å². The van der Waals surface area contributed by atoms with Gasteiger partial charge in [0.05, 0.1) is 12.3 Å². The summed E-state index contributed by atoms with van der Waals surface area (Å²) in [6, 6.07) is 0.653. The molecule has 1 aromatic rings. The lowest BCUT2D eigenvalue weighted by Crippen LogP contribution is -2.26.